The van der Waals surface area contributed by atoms with Crippen LogP contribution in [0.2, 0.25) is 10.0 Å². The lowest BCUT2D eigenvalue weighted by Crippen LogP contribution is -2.38. The van der Waals surface area contributed by atoms with E-state index in [2.05, 4.69) is 15.3 Å². The van der Waals surface area contributed by atoms with E-state index in [1.165, 1.54) is 36.4 Å². The number of likely N-dealkylation sites (N-methyl/N-ethyl adjacent to an activating group) is 1. The quantitative estimate of drug-likeness (QED) is 0.275. The molecule has 0 bridgehead atoms. The standard InChI is InChI=1S/C14H14ClFN4O.C13H13ClFN3O2/c1-19-4-5-20-12(14(19)21)10(13(17)18-20)7-8-6-9(16)2-3-11(8)15;1-2-20-13(19)11-9(12(16)18-17-11)6-7-5-8(15)3-4-10(7)14/h2-3,6H,4-5,7H2,1H3,(H2,17,18);3-5H,2,6H2,1H3,(H3,16,17,18). The van der Waals surface area contributed by atoms with Crippen molar-refractivity contribution in [1.29, 1.82) is 0 Å². The van der Waals surface area contributed by atoms with Gasteiger partial charge in [-0.1, -0.05) is 23.2 Å². The highest BCUT2D eigenvalue weighted by atomic mass is 35.5. The third kappa shape index (κ3) is 6.60. The monoisotopic (exact) mass is 605 g/mol. The Morgan fingerprint density at radius 2 is 1.59 bits per heavy atom. The number of ether oxygens (including phenoxy) is 1. The van der Waals surface area contributed by atoms with Gasteiger partial charge in [0, 0.05) is 47.6 Å². The maximum atomic E-state index is 13.4. The van der Waals surface area contributed by atoms with E-state index in [0.717, 1.165) is 0 Å². The molecule has 3 heterocycles. The van der Waals surface area contributed by atoms with Crippen molar-refractivity contribution in [3.63, 3.8) is 0 Å². The highest BCUT2D eigenvalue weighted by molar-refractivity contribution is 6.31. The molecule has 0 fully saturated rings. The molecule has 4 aromatic rings. The fourth-order valence-corrected chi connectivity index (χ4v) is 4.66. The highest BCUT2D eigenvalue weighted by Crippen LogP contribution is 2.28. The second-order valence-electron chi connectivity index (χ2n) is 9.17. The van der Waals surface area contributed by atoms with Crippen molar-refractivity contribution in [2.75, 3.05) is 31.7 Å². The van der Waals surface area contributed by atoms with Crippen molar-refractivity contribution in [2.45, 2.75) is 26.3 Å². The van der Waals surface area contributed by atoms with Crippen molar-refractivity contribution in [2.24, 2.45) is 0 Å². The van der Waals surface area contributed by atoms with Gasteiger partial charge in [-0.15, -0.1) is 0 Å². The van der Waals surface area contributed by atoms with Crippen LogP contribution in [0.25, 0.3) is 0 Å². The first-order chi connectivity index (χ1) is 19.5. The molecule has 0 spiro atoms. The summed E-state index contributed by atoms with van der Waals surface area (Å²) < 4.78 is 33.1. The van der Waals surface area contributed by atoms with Crippen LogP contribution in [0.3, 0.4) is 0 Å². The van der Waals surface area contributed by atoms with Crippen LogP contribution in [0, 0.1) is 11.6 Å². The van der Waals surface area contributed by atoms with Crippen LogP contribution in [0.15, 0.2) is 36.4 Å². The smallest absolute Gasteiger partial charge is 0.356 e. The van der Waals surface area contributed by atoms with Crippen LogP contribution < -0.4 is 11.5 Å². The Morgan fingerprint density at radius 3 is 2.17 bits per heavy atom. The topological polar surface area (TPSA) is 145 Å². The van der Waals surface area contributed by atoms with E-state index >= 15 is 0 Å². The number of rotatable bonds is 6. The number of hydrogen-bond acceptors (Lipinski definition) is 7. The molecule has 1 amide bonds. The molecule has 14 heteroatoms. The lowest BCUT2D eigenvalue weighted by molar-refractivity contribution is 0.0518. The first-order valence-electron chi connectivity index (χ1n) is 12.5. The number of halogens is 4. The average molecular weight is 606 g/mol. The summed E-state index contributed by atoms with van der Waals surface area (Å²) in [7, 11) is 1.73. The van der Waals surface area contributed by atoms with Crippen molar-refractivity contribution in [1.82, 2.24) is 24.9 Å². The maximum Gasteiger partial charge on any atom is 0.356 e. The zero-order valence-electron chi connectivity index (χ0n) is 22.2. The van der Waals surface area contributed by atoms with E-state index in [1.54, 1.807) is 23.6 Å². The van der Waals surface area contributed by atoms with Gasteiger partial charge < -0.3 is 21.1 Å². The summed E-state index contributed by atoms with van der Waals surface area (Å²) in [4.78, 5) is 25.7. The predicted molar refractivity (Wildman–Crippen MR) is 151 cm³/mol. The van der Waals surface area contributed by atoms with E-state index in [4.69, 9.17) is 39.4 Å². The molecule has 2 aromatic heterocycles. The lowest BCUT2D eigenvalue weighted by Gasteiger charge is -2.24. The third-order valence-electron chi connectivity index (χ3n) is 6.41. The highest BCUT2D eigenvalue weighted by Gasteiger charge is 2.29. The van der Waals surface area contributed by atoms with Crippen molar-refractivity contribution >= 4 is 46.7 Å². The molecule has 5 rings (SSSR count). The summed E-state index contributed by atoms with van der Waals surface area (Å²) in [5.41, 5.74) is 14.4. The van der Waals surface area contributed by atoms with Gasteiger partial charge in [0.15, 0.2) is 0 Å². The number of nitrogen functional groups attached to an aromatic ring is 2. The Kier molecular flexibility index (Phi) is 9.14. The van der Waals surface area contributed by atoms with E-state index < -0.39 is 11.8 Å². The second kappa shape index (κ2) is 12.6. The molecule has 0 radical (unpaired) electrons. The van der Waals surface area contributed by atoms with Gasteiger partial charge in [0.1, 0.15) is 34.7 Å². The number of hydrogen-bond donors (Lipinski definition) is 3. The summed E-state index contributed by atoms with van der Waals surface area (Å²) in [5, 5.41) is 11.3. The molecule has 0 saturated heterocycles. The number of nitrogens with one attached hydrogen (secondary N) is 1. The molecule has 0 aliphatic carbocycles. The minimum atomic E-state index is -0.556. The predicted octanol–water partition coefficient (Wildman–Crippen LogP) is 4.49. The third-order valence-corrected chi connectivity index (χ3v) is 7.14. The number of aromatic amines is 1. The normalized spacial score (nSPS) is 12.5. The first-order valence-corrected chi connectivity index (χ1v) is 13.2. The van der Waals surface area contributed by atoms with Gasteiger partial charge in [-0.3, -0.25) is 14.6 Å². The second-order valence-corrected chi connectivity index (χ2v) is 9.98. The van der Waals surface area contributed by atoms with Gasteiger partial charge in [-0.25, -0.2) is 13.6 Å². The van der Waals surface area contributed by atoms with Crippen molar-refractivity contribution < 1.29 is 23.1 Å². The molecule has 41 heavy (non-hydrogen) atoms. The summed E-state index contributed by atoms with van der Waals surface area (Å²) in [5.74, 6) is -1.03. The van der Waals surface area contributed by atoms with Gasteiger partial charge in [-0.05, 0) is 54.4 Å². The lowest BCUT2D eigenvalue weighted by atomic mass is 10.0. The molecular formula is C27H27Cl2F2N7O3. The Bertz CT molecular complexity index is 1610. The van der Waals surface area contributed by atoms with E-state index in [-0.39, 0.29) is 48.5 Å². The van der Waals surface area contributed by atoms with Crippen LogP contribution in [0.5, 0.6) is 0 Å². The number of aromatic nitrogens is 4. The zero-order valence-corrected chi connectivity index (χ0v) is 23.7. The molecule has 216 valence electrons. The number of nitrogens with zero attached hydrogens (tertiary/aromatic N) is 4. The largest absolute Gasteiger partial charge is 0.461 e. The number of anilines is 2. The van der Waals surface area contributed by atoms with Gasteiger partial charge in [0.25, 0.3) is 5.91 Å². The summed E-state index contributed by atoms with van der Waals surface area (Å²) in [6.07, 6.45) is 0.463. The van der Waals surface area contributed by atoms with Crippen molar-refractivity contribution in [3.05, 3.63) is 91.7 Å². The zero-order chi connectivity index (χ0) is 29.8. The average Bonchev–Trinajstić information content (AvgIpc) is 3.45. The Labute approximate surface area is 244 Å². The molecule has 10 nitrogen and oxygen atoms in total. The van der Waals surface area contributed by atoms with Crippen molar-refractivity contribution in [3.8, 4) is 0 Å². The Morgan fingerprint density at radius 1 is 1.00 bits per heavy atom. The van der Waals surface area contributed by atoms with Gasteiger partial charge >= 0.3 is 5.97 Å². The number of H-pyrrole nitrogens is 1. The van der Waals surface area contributed by atoms with Gasteiger partial charge in [0.2, 0.25) is 0 Å². The number of nitrogens with two attached hydrogens (primary N) is 2. The molecule has 1 aliphatic rings. The van der Waals surface area contributed by atoms with E-state index in [9.17, 15) is 18.4 Å². The van der Waals surface area contributed by atoms with E-state index in [1.807, 2.05) is 0 Å². The van der Waals surface area contributed by atoms with Crippen LogP contribution in [0.4, 0.5) is 20.4 Å². The SMILES string of the molecule is CCOC(=O)c1[nH]nc(N)c1Cc1cc(F)ccc1Cl.CN1CCn2nc(N)c(Cc3cc(F)ccc3Cl)c2C1=O. The van der Waals surface area contributed by atoms with Gasteiger partial charge in [0.05, 0.1) is 13.2 Å². The maximum absolute atomic E-state index is 13.4. The minimum absolute atomic E-state index is 0.132. The molecule has 5 N–H and O–H groups in total. The van der Waals surface area contributed by atoms with Crippen LogP contribution in [0.1, 0.15) is 50.2 Å². The Balaban J connectivity index is 0.000000189. The van der Waals surface area contributed by atoms with Crippen LogP contribution in [-0.2, 0) is 24.1 Å². The van der Waals surface area contributed by atoms with Crippen LogP contribution >= 0.6 is 23.2 Å². The summed E-state index contributed by atoms with van der Waals surface area (Å²) >= 11 is 12.1. The molecule has 2 aromatic carbocycles. The molecule has 0 unspecified atom stereocenters. The number of amides is 1. The molecular weight excluding hydrogens is 579 g/mol. The van der Waals surface area contributed by atoms with Gasteiger partial charge in [-0.2, -0.15) is 10.2 Å². The molecule has 0 saturated carbocycles. The number of fused-ring (bicyclic) bond motifs is 1. The Hall–Kier alpha value is -4.16. The fraction of sp³-hybridized carbons (Fsp3) is 0.259. The van der Waals surface area contributed by atoms with E-state index in [0.29, 0.717) is 51.1 Å². The van der Waals surface area contributed by atoms with Crippen LogP contribution in [-0.4, -0.2) is 57.0 Å². The molecule has 0 atom stereocenters. The minimum Gasteiger partial charge on any atom is -0.461 e. The summed E-state index contributed by atoms with van der Waals surface area (Å²) in [6, 6.07) is 8.14. The number of benzene rings is 2. The summed E-state index contributed by atoms with van der Waals surface area (Å²) in [6.45, 7) is 3.12. The fourth-order valence-electron chi connectivity index (χ4n) is 4.29. The first kappa shape index (κ1) is 29.8. The molecule has 1 aliphatic heterocycles. The number of carbonyl (C=O) groups is 2. The number of esters is 1. The number of carbonyl (C=O) groups excluding carboxylic acids is 2.